The summed E-state index contributed by atoms with van der Waals surface area (Å²) >= 11 is 11.2. The molecular weight excluding hydrogens is 431 g/mol. The summed E-state index contributed by atoms with van der Waals surface area (Å²) in [4.78, 5) is 9.93. The summed E-state index contributed by atoms with van der Waals surface area (Å²) < 4.78 is 26.2. The van der Waals surface area contributed by atoms with Gasteiger partial charge in [0, 0.05) is 10.9 Å². The number of hydrogen-bond acceptors (Lipinski definition) is 5. The van der Waals surface area contributed by atoms with Crippen molar-refractivity contribution in [1.29, 1.82) is 0 Å². The van der Waals surface area contributed by atoms with Crippen LogP contribution in [0.25, 0.3) is 20.7 Å². The van der Waals surface area contributed by atoms with Crippen molar-refractivity contribution in [3.05, 3.63) is 40.0 Å². The van der Waals surface area contributed by atoms with E-state index in [4.69, 9.17) is 21.1 Å². The lowest BCUT2D eigenvalue weighted by molar-refractivity contribution is -0.107. The van der Waals surface area contributed by atoms with Gasteiger partial charge in [0.2, 0.25) is 0 Å². The zero-order valence-corrected chi connectivity index (χ0v) is 16.1. The summed E-state index contributed by atoms with van der Waals surface area (Å²) in [6.45, 7) is 0.644. The fraction of sp³-hybridized carbons (Fsp3) is 0.294. The molecule has 1 atom stereocenters. The highest BCUT2D eigenvalue weighted by atomic mass is 79.9. The van der Waals surface area contributed by atoms with Crippen LogP contribution >= 0.6 is 38.9 Å². The van der Waals surface area contributed by atoms with E-state index in [1.165, 1.54) is 23.7 Å². The summed E-state index contributed by atoms with van der Waals surface area (Å²) in [5.41, 5.74) is 0.818. The minimum atomic E-state index is -0.409. The number of rotatable bonds is 3. The number of ether oxygens (including phenoxy) is 2. The van der Waals surface area contributed by atoms with Gasteiger partial charge in [-0.25, -0.2) is 14.4 Å². The fourth-order valence-electron chi connectivity index (χ4n) is 2.73. The topological polar surface area (TPSA) is 44.2 Å². The predicted octanol–water partition coefficient (Wildman–Crippen LogP) is 5.82. The Morgan fingerprint density at radius 2 is 2.20 bits per heavy atom. The van der Waals surface area contributed by atoms with Crippen LogP contribution in [-0.4, -0.2) is 22.9 Å². The molecule has 4 nitrogen and oxygen atoms in total. The highest BCUT2D eigenvalue weighted by molar-refractivity contribution is 9.10. The zero-order chi connectivity index (χ0) is 17.4. The van der Waals surface area contributed by atoms with Crippen LogP contribution in [0.3, 0.4) is 0 Å². The summed E-state index contributed by atoms with van der Waals surface area (Å²) in [6, 6.07) is 4.79. The van der Waals surface area contributed by atoms with Gasteiger partial charge in [-0.3, -0.25) is 0 Å². The number of benzene rings is 1. The van der Waals surface area contributed by atoms with Crippen LogP contribution in [0.5, 0.6) is 5.75 Å². The highest BCUT2D eigenvalue weighted by Gasteiger charge is 2.20. The van der Waals surface area contributed by atoms with E-state index in [1.54, 1.807) is 12.1 Å². The third-order valence-electron chi connectivity index (χ3n) is 3.97. The molecule has 0 bridgehead atoms. The summed E-state index contributed by atoms with van der Waals surface area (Å²) in [5.74, 6) is -0.223. The van der Waals surface area contributed by atoms with Crippen LogP contribution in [0.2, 0.25) is 5.15 Å². The average Bonchev–Trinajstić information content (AvgIpc) is 2.96. The fourth-order valence-corrected chi connectivity index (χ4v) is 5.14. The summed E-state index contributed by atoms with van der Waals surface area (Å²) in [6.07, 6.45) is 3.83. The Balaban J connectivity index is 1.72. The molecule has 3 aromatic rings. The Kier molecular flexibility index (Phi) is 4.90. The monoisotopic (exact) mass is 442 g/mol. The van der Waals surface area contributed by atoms with E-state index in [1.807, 2.05) is 0 Å². The molecule has 0 saturated carbocycles. The Labute approximate surface area is 161 Å². The number of thiophene rings is 1. The molecule has 4 rings (SSSR count). The van der Waals surface area contributed by atoms with Crippen molar-refractivity contribution in [2.75, 3.05) is 6.61 Å². The normalized spacial score (nSPS) is 17.8. The zero-order valence-electron chi connectivity index (χ0n) is 13.0. The Bertz CT molecular complexity index is 930. The molecule has 1 unspecified atom stereocenters. The summed E-state index contributed by atoms with van der Waals surface area (Å²) in [5, 5.41) is 1.14. The first-order valence-corrected chi connectivity index (χ1v) is 9.79. The first kappa shape index (κ1) is 17.1. The lowest BCUT2D eigenvalue weighted by Crippen LogP contribution is -2.25. The standard InChI is InChI=1S/C17H13BrClFN2O2S/c18-14-13-16(19)21-8-22-17(13)25-15(14)9-4-5-10(20)11(7-9)24-12-3-1-2-6-23-12/h4-5,7-8,12H,1-3,6H2. The van der Waals surface area contributed by atoms with Gasteiger partial charge in [-0.1, -0.05) is 17.7 Å². The highest BCUT2D eigenvalue weighted by Crippen LogP contribution is 2.44. The number of nitrogens with zero attached hydrogens (tertiary/aromatic N) is 2. The van der Waals surface area contributed by atoms with Crippen LogP contribution in [-0.2, 0) is 4.74 Å². The van der Waals surface area contributed by atoms with Crippen LogP contribution in [0.1, 0.15) is 19.3 Å². The van der Waals surface area contributed by atoms with Crippen molar-refractivity contribution in [2.24, 2.45) is 0 Å². The van der Waals surface area contributed by atoms with Gasteiger partial charge in [0.1, 0.15) is 16.3 Å². The minimum absolute atomic E-state index is 0.186. The van der Waals surface area contributed by atoms with E-state index in [9.17, 15) is 4.39 Å². The van der Waals surface area contributed by atoms with Crippen LogP contribution in [0.15, 0.2) is 29.0 Å². The second kappa shape index (κ2) is 7.15. The molecule has 0 N–H and O–H groups in total. The van der Waals surface area contributed by atoms with Crippen LogP contribution in [0.4, 0.5) is 4.39 Å². The van der Waals surface area contributed by atoms with Gasteiger partial charge < -0.3 is 9.47 Å². The third-order valence-corrected chi connectivity index (χ3v) is 6.46. The maximum atomic E-state index is 14.2. The molecule has 3 heterocycles. The average molecular weight is 444 g/mol. The molecule has 25 heavy (non-hydrogen) atoms. The van der Waals surface area contributed by atoms with Gasteiger partial charge in [0.15, 0.2) is 17.9 Å². The van der Waals surface area contributed by atoms with E-state index >= 15 is 0 Å². The molecule has 8 heteroatoms. The lowest BCUT2D eigenvalue weighted by Gasteiger charge is -2.23. The molecule has 130 valence electrons. The third kappa shape index (κ3) is 3.38. The molecule has 1 aromatic carbocycles. The minimum Gasteiger partial charge on any atom is -0.462 e. The second-order valence-corrected chi connectivity index (χ2v) is 7.80. The van der Waals surface area contributed by atoms with Gasteiger partial charge in [-0.05, 0) is 46.5 Å². The van der Waals surface area contributed by atoms with E-state index in [2.05, 4.69) is 25.9 Å². The van der Waals surface area contributed by atoms with Crippen molar-refractivity contribution in [3.8, 4) is 16.2 Å². The molecular formula is C17H13BrClFN2O2S. The second-order valence-electron chi connectivity index (χ2n) is 5.65. The number of aromatic nitrogens is 2. The molecule has 1 saturated heterocycles. The number of fused-ring (bicyclic) bond motifs is 1. The van der Waals surface area contributed by atoms with Crippen molar-refractivity contribution < 1.29 is 13.9 Å². The van der Waals surface area contributed by atoms with E-state index in [-0.39, 0.29) is 5.75 Å². The molecule has 0 aliphatic carbocycles. The van der Waals surface area contributed by atoms with Gasteiger partial charge in [0.05, 0.1) is 16.9 Å². The van der Waals surface area contributed by atoms with Crippen molar-refractivity contribution in [1.82, 2.24) is 9.97 Å². The van der Waals surface area contributed by atoms with Crippen molar-refractivity contribution in [2.45, 2.75) is 25.6 Å². The maximum absolute atomic E-state index is 14.2. The van der Waals surface area contributed by atoms with E-state index in [0.717, 1.165) is 44.4 Å². The van der Waals surface area contributed by atoms with E-state index in [0.29, 0.717) is 11.8 Å². The van der Waals surface area contributed by atoms with Gasteiger partial charge in [-0.15, -0.1) is 11.3 Å². The van der Waals surface area contributed by atoms with Crippen LogP contribution < -0.4 is 4.74 Å². The van der Waals surface area contributed by atoms with Crippen LogP contribution in [0, 0.1) is 5.82 Å². The maximum Gasteiger partial charge on any atom is 0.199 e. The predicted molar refractivity (Wildman–Crippen MR) is 99.7 cm³/mol. The molecule has 0 spiro atoms. The molecule has 0 radical (unpaired) electrons. The number of halogens is 3. The summed E-state index contributed by atoms with van der Waals surface area (Å²) in [7, 11) is 0. The van der Waals surface area contributed by atoms with Crippen molar-refractivity contribution in [3.63, 3.8) is 0 Å². The van der Waals surface area contributed by atoms with E-state index < -0.39 is 12.1 Å². The lowest BCUT2D eigenvalue weighted by atomic mass is 10.1. The SMILES string of the molecule is Fc1ccc(-c2sc3ncnc(Cl)c3c2Br)cc1OC1CCCCO1. The Morgan fingerprint density at radius 3 is 2.96 bits per heavy atom. The molecule has 1 aliphatic heterocycles. The Hall–Kier alpha value is -1.28. The first-order chi connectivity index (χ1) is 12.1. The van der Waals surface area contributed by atoms with Gasteiger partial charge in [-0.2, -0.15) is 0 Å². The smallest absolute Gasteiger partial charge is 0.199 e. The molecule has 1 fully saturated rings. The van der Waals surface area contributed by atoms with Gasteiger partial charge >= 0.3 is 0 Å². The Morgan fingerprint density at radius 1 is 1.32 bits per heavy atom. The first-order valence-electron chi connectivity index (χ1n) is 7.80. The molecule has 2 aromatic heterocycles. The van der Waals surface area contributed by atoms with Crippen molar-refractivity contribution >= 4 is 49.1 Å². The molecule has 1 aliphatic rings. The quantitative estimate of drug-likeness (QED) is 0.479. The largest absolute Gasteiger partial charge is 0.462 e. The van der Waals surface area contributed by atoms with Gasteiger partial charge in [0.25, 0.3) is 0 Å². The molecule has 0 amide bonds. The number of hydrogen-bond donors (Lipinski definition) is 0.